The molecule has 3 heteroatoms. The predicted octanol–water partition coefficient (Wildman–Crippen LogP) is 8.36. The van der Waals surface area contributed by atoms with Gasteiger partial charge in [0.05, 0.1) is 0 Å². The number of hydrogen-bond acceptors (Lipinski definition) is 0. The van der Waals surface area contributed by atoms with Crippen molar-refractivity contribution in [3.8, 4) is 22.3 Å². The maximum Gasteiger partial charge on any atom is 0.131 e. The van der Waals surface area contributed by atoms with Crippen LogP contribution in [0, 0.1) is 45.1 Å². The smallest absolute Gasteiger partial charge is 0.131 e. The summed E-state index contributed by atoms with van der Waals surface area (Å²) in [6.45, 7) is 7.32. The third-order valence-corrected chi connectivity index (χ3v) is 5.16. The number of hydrogen-bond donors (Lipinski definition) is 0. The summed E-state index contributed by atoms with van der Waals surface area (Å²) in [7, 11) is 0. The second-order valence-electron chi connectivity index (χ2n) is 7.78. The molecule has 0 amide bonds. The van der Waals surface area contributed by atoms with Crippen molar-refractivity contribution < 1.29 is 13.2 Å². The Kier molecular flexibility index (Phi) is 6.96. The molecule has 0 heterocycles. The molecule has 0 bridgehead atoms. The highest BCUT2D eigenvalue weighted by molar-refractivity contribution is 5.65. The molecule has 4 aromatic carbocycles. The third kappa shape index (κ3) is 5.64. The van der Waals surface area contributed by atoms with E-state index in [1.54, 1.807) is 38.1 Å². The molecule has 0 aliphatic heterocycles. The van der Waals surface area contributed by atoms with Crippen LogP contribution in [0.2, 0.25) is 0 Å². The molecule has 31 heavy (non-hydrogen) atoms. The van der Waals surface area contributed by atoms with E-state index < -0.39 is 0 Å². The summed E-state index contributed by atoms with van der Waals surface area (Å²) in [6.07, 6.45) is 0. The third-order valence-electron chi connectivity index (χ3n) is 5.16. The number of halogens is 3. The van der Waals surface area contributed by atoms with Gasteiger partial charge in [-0.05, 0) is 79.3 Å². The van der Waals surface area contributed by atoms with Gasteiger partial charge in [-0.2, -0.15) is 0 Å². The van der Waals surface area contributed by atoms with Crippen LogP contribution in [0.1, 0.15) is 22.3 Å². The van der Waals surface area contributed by atoms with Gasteiger partial charge < -0.3 is 0 Å². The minimum Gasteiger partial charge on any atom is -0.207 e. The zero-order chi connectivity index (χ0) is 22.5. The summed E-state index contributed by atoms with van der Waals surface area (Å²) in [5, 5.41) is 0. The van der Waals surface area contributed by atoms with Gasteiger partial charge in [-0.1, -0.05) is 66.2 Å². The van der Waals surface area contributed by atoms with Crippen molar-refractivity contribution in [3.63, 3.8) is 0 Å². The van der Waals surface area contributed by atoms with Gasteiger partial charge in [0.1, 0.15) is 17.5 Å². The first-order valence-electron chi connectivity index (χ1n) is 10.1. The van der Waals surface area contributed by atoms with Gasteiger partial charge in [0.15, 0.2) is 0 Å². The second-order valence-corrected chi connectivity index (χ2v) is 7.78. The molecule has 0 aromatic heterocycles. The van der Waals surface area contributed by atoms with E-state index in [4.69, 9.17) is 0 Å². The average molecular weight is 419 g/mol. The predicted molar refractivity (Wildman–Crippen MR) is 123 cm³/mol. The monoisotopic (exact) mass is 418 g/mol. The molecule has 0 unspecified atom stereocenters. The van der Waals surface area contributed by atoms with Crippen molar-refractivity contribution in [1.29, 1.82) is 0 Å². The highest BCUT2D eigenvalue weighted by Crippen LogP contribution is 2.25. The zero-order valence-corrected chi connectivity index (χ0v) is 18.1. The highest BCUT2D eigenvalue weighted by Gasteiger charge is 2.07. The minimum absolute atomic E-state index is 0.145. The molecule has 0 saturated heterocycles. The fraction of sp³-hybridized carbons (Fsp3) is 0.143. The number of rotatable bonds is 2. The van der Waals surface area contributed by atoms with E-state index in [-0.39, 0.29) is 17.5 Å². The molecule has 0 aliphatic carbocycles. The molecule has 4 aromatic rings. The van der Waals surface area contributed by atoms with E-state index in [0.717, 1.165) is 16.7 Å². The van der Waals surface area contributed by atoms with Gasteiger partial charge in [-0.25, -0.2) is 13.2 Å². The molecule has 0 radical (unpaired) electrons. The minimum atomic E-state index is -0.316. The molecule has 0 N–H and O–H groups in total. The van der Waals surface area contributed by atoms with Crippen LogP contribution < -0.4 is 0 Å². The van der Waals surface area contributed by atoms with Crippen LogP contribution in [-0.2, 0) is 0 Å². The highest BCUT2D eigenvalue weighted by atomic mass is 19.1. The Morgan fingerprint density at radius 3 is 1.45 bits per heavy atom. The van der Waals surface area contributed by atoms with Crippen molar-refractivity contribution >= 4 is 0 Å². The summed E-state index contributed by atoms with van der Waals surface area (Å²) in [4.78, 5) is 0. The summed E-state index contributed by atoms with van der Waals surface area (Å²) in [5.41, 5.74) is 6.31. The summed E-state index contributed by atoms with van der Waals surface area (Å²) in [5.74, 6) is -0.770. The lowest BCUT2D eigenvalue weighted by atomic mass is 10.0. The normalized spacial score (nSPS) is 10.4. The van der Waals surface area contributed by atoms with Gasteiger partial charge in [0.25, 0.3) is 0 Å². The Hall–Kier alpha value is -3.33. The van der Waals surface area contributed by atoms with E-state index in [2.05, 4.69) is 0 Å². The fourth-order valence-electron chi connectivity index (χ4n) is 3.13. The lowest BCUT2D eigenvalue weighted by Gasteiger charge is -2.05. The summed E-state index contributed by atoms with van der Waals surface area (Å²) < 4.78 is 40.3. The average Bonchev–Trinajstić information content (AvgIpc) is 2.73. The molecule has 0 fully saturated rings. The van der Waals surface area contributed by atoms with E-state index in [9.17, 15) is 13.2 Å². The lowest BCUT2D eigenvalue weighted by Crippen LogP contribution is -1.88. The van der Waals surface area contributed by atoms with Crippen LogP contribution in [0.15, 0.2) is 78.9 Å². The molecular weight excluding hydrogens is 393 g/mol. The van der Waals surface area contributed by atoms with Gasteiger partial charge in [-0.15, -0.1) is 0 Å². The quantitative estimate of drug-likeness (QED) is 0.307. The number of benzene rings is 4. The molecular formula is C28H25F3. The second kappa shape index (κ2) is 9.65. The lowest BCUT2D eigenvalue weighted by molar-refractivity contribution is 0.617. The van der Waals surface area contributed by atoms with Crippen LogP contribution in [0.3, 0.4) is 0 Å². The molecule has 4 rings (SSSR count). The molecule has 0 aliphatic rings. The van der Waals surface area contributed by atoms with Gasteiger partial charge in [0.2, 0.25) is 0 Å². The Bertz CT molecular complexity index is 1190. The maximum absolute atomic E-state index is 13.6. The summed E-state index contributed by atoms with van der Waals surface area (Å²) in [6, 6.07) is 23.1. The van der Waals surface area contributed by atoms with Gasteiger partial charge in [-0.3, -0.25) is 0 Å². The first kappa shape index (κ1) is 22.4. The van der Waals surface area contributed by atoms with Crippen molar-refractivity contribution in [2.45, 2.75) is 27.7 Å². The Morgan fingerprint density at radius 1 is 0.419 bits per heavy atom. The van der Waals surface area contributed by atoms with E-state index >= 15 is 0 Å². The van der Waals surface area contributed by atoms with Crippen molar-refractivity contribution in [3.05, 3.63) is 119 Å². The van der Waals surface area contributed by atoms with Crippen molar-refractivity contribution in [1.82, 2.24) is 0 Å². The Morgan fingerprint density at radius 2 is 0.903 bits per heavy atom. The zero-order valence-electron chi connectivity index (χ0n) is 18.1. The molecule has 0 spiro atoms. The standard InChI is InChI=1S/C14H12F2.C14H13F/c1-9-3-6-12(14(16)7-9)11-5-4-10(2)13(15)8-11;1-10-3-6-12(7-4-10)13-8-5-11(2)14(15)9-13/h3-8H,1-2H3;3-9H,1-2H3. The Balaban J connectivity index is 0.000000176. The number of aryl methyl sites for hydroxylation is 4. The van der Waals surface area contributed by atoms with Crippen LogP contribution >= 0.6 is 0 Å². The topological polar surface area (TPSA) is 0 Å². The van der Waals surface area contributed by atoms with Crippen LogP contribution in [0.4, 0.5) is 13.2 Å². The maximum atomic E-state index is 13.6. The fourth-order valence-corrected chi connectivity index (χ4v) is 3.13. The van der Waals surface area contributed by atoms with Crippen LogP contribution in [-0.4, -0.2) is 0 Å². The van der Waals surface area contributed by atoms with E-state index in [1.807, 2.05) is 56.3 Å². The molecule has 0 saturated carbocycles. The van der Waals surface area contributed by atoms with Gasteiger partial charge >= 0.3 is 0 Å². The first-order chi connectivity index (χ1) is 14.7. The van der Waals surface area contributed by atoms with Crippen LogP contribution in [0.5, 0.6) is 0 Å². The summed E-state index contributed by atoms with van der Waals surface area (Å²) >= 11 is 0. The Labute approximate surface area is 182 Å². The van der Waals surface area contributed by atoms with Crippen LogP contribution in [0.25, 0.3) is 22.3 Å². The van der Waals surface area contributed by atoms with E-state index in [1.165, 1.54) is 17.7 Å². The van der Waals surface area contributed by atoms with Crippen molar-refractivity contribution in [2.75, 3.05) is 0 Å². The molecule has 0 atom stereocenters. The first-order valence-corrected chi connectivity index (χ1v) is 10.1. The molecule has 0 nitrogen and oxygen atoms in total. The van der Waals surface area contributed by atoms with E-state index in [0.29, 0.717) is 22.3 Å². The van der Waals surface area contributed by atoms with Crippen molar-refractivity contribution in [2.24, 2.45) is 0 Å². The largest absolute Gasteiger partial charge is 0.207 e. The SMILES string of the molecule is Cc1ccc(-c2ccc(C)c(F)c2)c(F)c1.Cc1ccc(-c2ccc(C)c(F)c2)cc1. The van der Waals surface area contributed by atoms with Gasteiger partial charge in [0, 0.05) is 5.56 Å². The molecule has 158 valence electrons.